The van der Waals surface area contributed by atoms with Crippen molar-refractivity contribution in [2.45, 2.75) is 18.3 Å². The topological polar surface area (TPSA) is 58.6 Å². The molecule has 1 aromatic carbocycles. The molecule has 2 N–H and O–H groups in total. The molecule has 7 heteroatoms. The molecule has 1 rings (SSSR count). The average molecular weight is 277 g/mol. The largest absolute Gasteiger partial charge is 0.468 e. The van der Waals surface area contributed by atoms with Gasteiger partial charge >= 0.3 is 12.1 Å². The van der Waals surface area contributed by atoms with Crippen LogP contribution in [0.2, 0.25) is 0 Å². The molecular formula is C12H14F3NO3. The first-order valence-corrected chi connectivity index (χ1v) is 5.47. The summed E-state index contributed by atoms with van der Waals surface area (Å²) in [6.45, 7) is -0.793. The molecule has 0 saturated heterocycles. The summed E-state index contributed by atoms with van der Waals surface area (Å²) < 4.78 is 41.1. The molecule has 0 radical (unpaired) electrons. The van der Waals surface area contributed by atoms with Crippen molar-refractivity contribution in [3.05, 3.63) is 35.9 Å². The van der Waals surface area contributed by atoms with Gasteiger partial charge in [0.05, 0.1) is 7.11 Å². The lowest BCUT2D eigenvalue weighted by molar-refractivity contribution is -0.202. The van der Waals surface area contributed by atoms with Gasteiger partial charge in [0.25, 0.3) is 0 Å². The summed E-state index contributed by atoms with van der Waals surface area (Å²) in [6, 6.07) is 7.11. The molecule has 0 aliphatic heterocycles. The fraction of sp³-hybridized carbons (Fsp3) is 0.417. The molecule has 0 saturated carbocycles. The Hall–Kier alpha value is -1.60. The molecule has 0 aromatic heterocycles. The standard InChI is InChI=1S/C12H14F3NO3/c1-19-11(18)10(8-5-3-2-4-6-8)16-7-9(17)12(13,14)15/h2-6,9-10,16-17H,7H2,1H3. The van der Waals surface area contributed by atoms with Gasteiger partial charge in [-0.25, -0.2) is 4.79 Å². The zero-order valence-corrected chi connectivity index (χ0v) is 10.1. The number of rotatable bonds is 5. The van der Waals surface area contributed by atoms with Crippen molar-refractivity contribution in [2.24, 2.45) is 0 Å². The van der Waals surface area contributed by atoms with E-state index < -0.39 is 30.8 Å². The third-order valence-corrected chi connectivity index (χ3v) is 2.46. The van der Waals surface area contributed by atoms with E-state index in [1.807, 2.05) is 0 Å². The Labute approximate surface area is 108 Å². The van der Waals surface area contributed by atoms with Gasteiger partial charge in [-0.2, -0.15) is 13.2 Å². The lowest BCUT2D eigenvalue weighted by Gasteiger charge is -2.20. The van der Waals surface area contributed by atoms with Gasteiger partial charge in [0, 0.05) is 6.54 Å². The average Bonchev–Trinajstić information content (AvgIpc) is 2.38. The van der Waals surface area contributed by atoms with E-state index in [2.05, 4.69) is 10.1 Å². The Morgan fingerprint density at radius 2 is 1.95 bits per heavy atom. The number of aliphatic hydroxyl groups excluding tert-OH is 1. The zero-order chi connectivity index (χ0) is 14.5. The van der Waals surface area contributed by atoms with E-state index in [4.69, 9.17) is 5.11 Å². The number of halogens is 3. The van der Waals surface area contributed by atoms with Crippen LogP contribution in [-0.2, 0) is 9.53 Å². The molecule has 0 spiro atoms. The summed E-state index contributed by atoms with van der Waals surface area (Å²) in [5.41, 5.74) is 0.462. The van der Waals surface area contributed by atoms with Crippen LogP contribution in [0.5, 0.6) is 0 Å². The molecule has 106 valence electrons. The second kappa shape index (κ2) is 6.53. The number of alkyl halides is 3. The highest BCUT2D eigenvalue weighted by Gasteiger charge is 2.38. The van der Waals surface area contributed by atoms with E-state index >= 15 is 0 Å². The number of carbonyl (C=O) groups is 1. The predicted molar refractivity (Wildman–Crippen MR) is 61.3 cm³/mol. The Morgan fingerprint density at radius 1 is 1.37 bits per heavy atom. The van der Waals surface area contributed by atoms with Crippen molar-refractivity contribution in [1.82, 2.24) is 5.32 Å². The van der Waals surface area contributed by atoms with Crippen molar-refractivity contribution in [2.75, 3.05) is 13.7 Å². The van der Waals surface area contributed by atoms with Gasteiger partial charge in [0.2, 0.25) is 0 Å². The molecular weight excluding hydrogens is 263 g/mol. The van der Waals surface area contributed by atoms with Crippen LogP contribution in [0, 0.1) is 0 Å². The number of aliphatic hydroxyl groups is 1. The highest BCUT2D eigenvalue weighted by atomic mass is 19.4. The van der Waals surface area contributed by atoms with E-state index in [-0.39, 0.29) is 0 Å². The number of hydrogen-bond donors (Lipinski definition) is 2. The van der Waals surface area contributed by atoms with E-state index in [9.17, 15) is 18.0 Å². The van der Waals surface area contributed by atoms with Crippen LogP contribution in [-0.4, -0.2) is 37.0 Å². The maximum atomic E-state index is 12.2. The maximum absolute atomic E-state index is 12.2. The summed E-state index contributed by atoms with van der Waals surface area (Å²) in [5.74, 6) is -0.722. The highest BCUT2D eigenvalue weighted by Crippen LogP contribution is 2.21. The van der Waals surface area contributed by atoms with Crippen molar-refractivity contribution in [1.29, 1.82) is 0 Å². The SMILES string of the molecule is COC(=O)C(NCC(O)C(F)(F)F)c1ccccc1. The number of carbonyl (C=O) groups excluding carboxylic acids is 1. The van der Waals surface area contributed by atoms with Crippen molar-refractivity contribution < 1.29 is 27.8 Å². The summed E-state index contributed by atoms with van der Waals surface area (Å²) in [6.07, 6.45) is -7.27. The minimum absolute atomic E-state index is 0.462. The number of hydrogen-bond acceptors (Lipinski definition) is 4. The van der Waals surface area contributed by atoms with Gasteiger partial charge in [0.15, 0.2) is 6.10 Å². The molecule has 0 bridgehead atoms. The van der Waals surface area contributed by atoms with Crippen LogP contribution in [0.3, 0.4) is 0 Å². The molecule has 2 unspecified atom stereocenters. The third kappa shape index (κ3) is 4.53. The highest BCUT2D eigenvalue weighted by molar-refractivity contribution is 5.77. The summed E-state index contributed by atoms with van der Waals surface area (Å²) in [5, 5.41) is 11.2. The smallest absolute Gasteiger partial charge is 0.415 e. The van der Waals surface area contributed by atoms with Crippen molar-refractivity contribution in [3.8, 4) is 0 Å². The number of ether oxygens (including phenoxy) is 1. The molecule has 0 amide bonds. The van der Waals surface area contributed by atoms with Gasteiger partial charge in [-0.1, -0.05) is 30.3 Å². The van der Waals surface area contributed by atoms with Crippen LogP contribution < -0.4 is 5.32 Å². The molecule has 0 aliphatic carbocycles. The van der Waals surface area contributed by atoms with Gasteiger partial charge in [0.1, 0.15) is 6.04 Å². The number of esters is 1. The quantitative estimate of drug-likeness (QED) is 0.799. The Balaban J connectivity index is 2.75. The van der Waals surface area contributed by atoms with Gasteiger partial charge < -0.3 is 9.84 Å². The van der Waals surface area contributed by atoms with Gasteiger partial charge in [-0.3, -0.25) is 5.32 Å². The minimum atomic E-state index is -4.73. The molecule has 4 nitrogen and oxygen atoms in total. The molecule has 2 atom stereocenters. The van der Waals surface area contributed by atoms with Gasteiger partial charge in [-0.15, -0.1) is 0 Å². The normalized spacial score (nSPS) is 14.8. The van der Waals surface area contributed by atoms with Crippen LogP contribution in [0.25, 0.3) is 0 Å². The lowest BCUT2D eigenvalue weighted by Crippen LogP contribution is -2.41. The number of nitrogens with one attached hydrogen (secondary N) is 1. The zero-order valence-electron chi connectivity index (χ0n) is 10.1. The van der Waals surface area contributed by atoms with Crippen molar-refractivity contribution >= 4 is 5.97 Å². The second-order valence-corrected chi connectivity index (χ2v) is 3.83. The van der Waals surface area contributed by atoms with Gasteiger partial charge in [-0.05, 0) is 5.56 Å². The molecule has 0 fully saturated rings. The first-order chi connectivity index (χ1) is 8.86. The Morgan fingerprint density at radius 3 is 2.42 bits per heavy atom. The fourth-order valence-corrected chi connectivity index (χ4v) is 1.45. The van der Waals surface area contributed by atoms with Crippen LogP contribution in [0.15, 0.2) is 30.3 Å². The first-order valence-electron chi connectivity index (χ1n) is 5.47. The Kier molecular flexibility index (Phi) is 5.31. The molecule has 1 aromatic rings. The molecule has 0 heterocycles. The summed E-state index contributed by atoms with van der Waals surface area (Å²) in [7, 11) is 1.14. The van der Waals surface area contributed by atoms with Crippen molar-refractivity contribution in [3.63, 3.8) is 0 Å². The van der Waals surface area contributed by atoms with Crippen LogP contribution in [0.1, 0.15) is 11.6 Å². The lowest BCUT2D eigenvalue weighted by atomic mass is 10.1. The first kappa shape index (κ1) is 15.5. The molecule has 0 aliphatic rings. The van der Waals surface area contributed by atoms with E-state index in [0.717, 1.165) is 7.11 Å². The monoisotopic (exact) mass is 277 g/mol. The number of benzene rings is 1. The van der Waals surface area contributed by atoms with E-state index in [0.29, 0.717) is 5.56 Å². The Bertz CT molecular complexity index is 408. The third-order valence-electron chi connectivity index (χ3n) is 2.46. The minimum Gasteiger partial charge on any atom is -0.468 e. The maximum Gasteiger partial charge on any atom is 0.415 e. The summed E-state index contributed by atoms with van der Waals surface area (Å²) in [4.78, 5) is 11.5. The van der Waals surface area contributed by atoms with Crippen LogP contribution in [0.4, 0.5) is 13.2 Å². The fourth-order valence-electron chi connectivity index (χ4n) is 1.45. The predicted octanol–water partition coefficient (Wildman–Crippen LogP) is 1.41. The summed E-state index contributed by atoms with van der Waals surface area (Å²) >= 11 is 0. The number of methoxy groups -OCH3 is 1. The van der Waals surface area contributed by atoms with E-state index in [1.165, 1.54) is 0 Å². The van der Waals surface area contributed by atoms with E-state index in [1.54, 1.807) is 30.3 Å². The molecule has 19 heavy (non-hydrogen) atoms. The van der Waals surface area contributed by atoms with Crippen LogP contribution >= 0.6 is 0 Å². The second-order valence-electron chi connectivity index (χ2n) is 3.83.